The fourth-order valence-corrected chi connectivity index (χ4v) is 2.69. The highest BCUT2D eigenvalue weighted by Gasteiger charge is 2.24. The molecule has 0 atom stereocenters. The third-order valence-electron chi connectivity index (χ3n) is 3.51. The van der Waals surface area contributed by atoms with Crippen LogP contribution in [0.2, 0.25) is 5.15 Å². The van der Waals surface area contributed by atoms with Crippen molar-refractivity contribution in [3.05, 3.63) is 47.2 Å². The molecule has 3 aromatic rings. The lowest BCUT2D eigenvalue weighted by Crippen LogP contribution is -2.28. The Morgan fingerprint density at radius 3 is 2.52 bits per heavy atom. The van der Waals surface area contributed by atoms with Crippen molar-refractivity contribution in [1.29, 1.82) is 0 Å². The van der Waals surface area contributed by atoms with Crippen LogP contribution < -0.4 is 0 Å². The number of nitrogens with zero attached hydrogens (tertiary/aromatic N) is 3. The summed E-state index contributed by atoms with van der Waals surface area (Å²) >= 11 is 6.33. The van der Waals surface area contributed by atoms with E-state index in [4.69, 9.17) is 24.2 Å². The van der Waals surface area contributed by atoms with Gasteiger partial charge in [0.15, 0.2) is 11.5 Å². The van der Waals surface area contributed by atoms with Crippen LogP contribution in [0.4, 0.5) is 4.79 Å². The minimum absolute atomic E-state index is 0.145. The first kappa shape index (κ1) is 17.5. The number of rotatable bonds is 2. The summed E-state index contributed by atoms with van der Waals surface area (Å²) in [5.74, 6) is 0.435. The van der Waals surface area contributed by atoms with E-state index in [1.54, 1.807) is 26.8 Å². The van der Waals surface area contributed by atoms with E-state index in [-0.39, 0.29) is 11.5 Å². The van der Waals surface area contributed by atoms with Gasteiger partial charge in [0.05, 0.1) is 13.2 Å². The molecule has 0 amide bonds. The standard InChI is InChI=1S/C18H17BClN3O2/c1-18(2,3)25-17(24)23-12(10-19)9-13-14(20)21-15(22-16(13)23)11-7-5-4-6-8-11/h4-9H,10H2,1-3H3. The maximum Gasteiger partial charge on any atom is 0.420 e. The van der Waals surface area contributed by atoms with E-state index in [2.05, 4.69) is 9.97 Å². The number of aromatic nitrogens is 3. The quantitative estimate of drug-likeness (QED) is 0.512. The molecule has 2 aromatic heterocycles. The summed E-state index contributed by atoms with van der Waals surface area (Å²) in [6, 6.07) is 11.1. The molecule has 0 fully saturated rings. The molecule has 7 heteroatoms. The molecule has 5 nitrogen and oxygen atoms in total. The van der Waals surface area contributed by atoms with Crippen LogP contribution in [0.15, 0.2) is 36.4 Å². The van der Waals surface area contributed by atoms with Crippen LogP contribution in [0.25, 0.3) is 22.4 Å². The first-order chi connectivity index (χ1) is 11.8. The van der Waals surface area contributed by atoms with Crippen LogP contribution in [-0.2, 0) is 11.1 Å². The third kappa shape index (κ3) is 3.54. The van der Waals surface area contributed by atoms with Gasteiger partial charge in [0, 0.05) is 11.3 Å². The first-order valence-corrected chi connectivity index (χ1v) is 8.24. The molecule has 0 unspecified atom stereocenters. The average Bonchev–Trinajstić information content (AvgIpc) is 2.93. The maximum absolute atomic E-state index is 12.7. The van der Waals surface area contributed by atoms with Gasteiger partial charge in [-0.15, -0.1) is 0 Å². The molecule has 126 valence electrons. The maximum atomic E-state index is 12.7. The van der Waals surface area contributed by atoms with E-state index in [1.165, 1.54) is 4.57 Å². The average molecular weight is 354 g/mol. The Kier molecular flexibility index (Phi) is 4.56. The van der Waals surface area contributed by atoms with E-state index in [1.807, 2.05) is 30.3 Å². The molecule has 0 spiro atoms. The van der Waals surface area contributed by atoms with Gasteiger partial charge < -0.3 is 4.74 Å². The van der Waals surface area contributed by atoms with Crippen molar-refractivity contribution in [3.63, 3.8) is 0 Å². The fraction of sp³-hybridized carbons (Fsp3) is 0.278. The Morgan fingerprint density at radius 2 is 1.92 bits per heavy atom. The third-order valence-corrected chi connectivity index (χ3v) is 3.79. The summed E-state index contributed by atoms with van der Waals surface area (Å²) in [4.78, 5) is 21.5. The highest BCUT2D eigenvalue weighted by Crippen LogP contribution is 2.28. The molecule has 25 heavy (non-hydrogen) atoms. The van der Waals surface area contributed by atoms with Crippen molar-refractivity contribution in [1.82, 2.24) is 14.5 Å². The Labute approximate surface area is 152 Å². The molecule has 3 rings (SSSR count). The number of carbonyl (C=O) groups excluding carboxylic acids is 1. The van der Waals surface area contributed by atoms with Crippen LogP contribution >= 0.6 is 11.6 Å². The van der Waals surface area contributed by atoms with Crippen LogP contribution in [0.3, 0.4) is 0 Å². The van der Waals surface area contributed by atoms with Crippen LogP contribution in [0, 0.1) is 0 Å². The number of hydrogen-bond donors (Lipinski definition) is 0. The van der Waals surface area contributed by atoms with Gasteiger partial charge in [-0.2, -0.15) is 0 Å². The lowest BCUT2D eigenvalue weighted by molar-refractivity contribution is 0.0540. The predicted molar refractivity (Wildman–Crippen MR) is 99.1 cm³/mol. The summed E-state index contributed by atoms with van der Waals surface area (Å²) in [5, 5.41) is 0.827. The van der Waals surface area contributed by atoms with E-state index >= 15 is 0 Å². The second kappa shape index (κ2) is 6.52. The van der Waals surface area contributed by atoms with Gasteiger partial charge in [-0.3, -0.25) is 0 Å². The largest absolute Gasteiger partial charge is 0.443 e. The lowest BCUT2D eigenvalue weighted by Gasteiger charge is -2.20. The van der Waals surface area contributed by atoms with Crippen molar-refractivity contribution in [2.45, 2.75) is 32.7 Å². The minimum atomic E-state index is -0.640. The Bertz CT molecular complexity index is 933. The van der Waals surface area contributed by atoms with Crippen molar-refractivity contribution in [3.8, 4) is 11.4 Å². The zero-order valence-corrected chi connectivity index (χ0v) is 15.0. The monoisotopic (exact) mass is 353 g/mol. The molecule has 0 saturated heterocycles. The van der Waals surface area contributed by atoms with Gasteiger partial charge in [-0.25, -0.2) is 19.3 Å². The van der Waals surface area contributed by atoms with Crippen LogP contribution in [0.5, 0.6) is 0 Å². The molecule has 0 bridgehead atoms. The highest BCUT2D eigenvalue weighted by atomic mass is 35.5. The Hall–Kier alpha value is -2.34. The normalized spacial score (nSPS) is 11.7. The van der Waals surface area contributed by atoms with E-state index in [9.17, 15) is 4.79 Å². The molecule has 0 saturated carbocycles. The smallest absolute Gasteiger partial charge is 0.420 e. The topological polar surface area (TPSA) is 57.0 Å². The summed E-state index contributed by atoms with van der Waals surface area (Å²) in [6.07, 6.45) is -0.399. The van der Waals surface area contributed by atoms with Gasteiger partial charge in [0.1, 0.15) is 10.8 Å². The van der Waals surface area contributed by atoms with Crippen molar-refractivity contribution < 1.29 is 9.53 Å². The highest BCUT2D eigenvalue weighted by molar-refractivity contribution is 6.34. The van der Waals surface area contributed by atoms with Gasteiger partial charge in [0.25, 0.3) is 0 Å². The van der Waals surface area contributed by atoms with Gasteiger partial charge in [-0.05, 0) is 33.2 Å². The molecule has 2 heterocycles. The zero-order valence-electron chi connectivity index (χ0n) is 14.3. The summed E-state index contributed by atoms with van der Waals surface area (Å²) in [6.45, 7) is 5.40. The lowest BCUT2D eigenvalue weighted by atomic mass is 10.0. The SMILES string of the molecule is [B]Cc1cc2c(Cl)nc(-c3ccccc3)nc2n1C(=O)OC(C)(C)C. The number of hydrogen-bond acceptors (Lipinski definition) is 4. The minimum Gasteiger partial charge on any atom is -0.443 e. The number of fused-ring (bicyclic) bond motifs is 1. The zero-order chi connectivity index (χ0) is 18.2. The van der Waals surface area contributed by atoms with Gasteiger partial charge in [-0.1, -0.05) is 41.9 Å². The van der Waals surface area contributed by atoms with Gasteiger partial charge >= 0.3 is 6.09 Å². The molecular formula is C18H17BClN3O2. The molecule has 1 aromatic carbocycles. The molecular weight excluding hydrogens is 336 g/mol. The fourth-order valence-electron chi connectivity index (χ4n) is 2.47. The Balaban J connectivity index is 2.21. The van der Waals surface area contributed by atoms with E-state index < -0.39 is 11.7 Å². The Morgan fingerprint density at radius 1 is 1.24 bits per heavy atom. The second-order valence-electron chi connectivity index (χ2n) is 6.60. The van der Waals surface area contributed by atoms with Crippen molar-refractivity contribution in [2.24, 2.45) is 0 Å². The van der Waals surface area contributed by atoms with Crippen molar-refractivity contribution in [2.75, 3.05) is 0 Å². The van der Waals surface area contributed by atoms with Gasteiger partial charge in [0.2, 0.25) is 0 Å². The molecule has 0 aliphatic rings. The van der Waals surface area contributed by atoms with E-state index in [0.717, 1.165) is 5.56 Å². The summed E-state index contributed by atoms with van der Waals surface area (Å²) in [7, 11) is 5.80. The molecule has 0 N–H and O–H groups in total. The number of halogens is 1. The predicted octanol–water partition coefficient (Wildman–Crippen LogP) is 4.20. The molecule has 0 aliphatic heterocycles. The van der Waals surface area contributed by atoms with Crippen LogP contribution in [-0.4, -0.2) is 34.1 Å². The number of carbonyl (C=O) groups is 1. The second-order valence-corrected chi connectivity index (χ2v) is 6.95. The van der Waals surface area contributed by atoms with Crippen molar-refractivity contribution >= 4 is 36.6 Å². The molecule has 0 aliphatic carbocycles. The van der Waals surface area contributed by atoms with E-state index in [0.29, 0.717) is 22.6 Å². The number of ether oxygens (including phenoxy) is 1. The number of benzene rings is 1. The first-order valence-electron chi connectivity index (χ1n) is 7.87. The molecule has 2 radical (unpaired) electrons. The van der Waals surface area contributed by atoms with Crippen LogP contribution in [0.1, 0.15) is 26.5 Å². The summed E-state index contributed by atoms with van der Waals surface area (Å²) < 4.78 is 6.84. The summed E-state index contributed by atoms with van der Waals surface area (Å²) in [5.41, 5.74) is 1.11.